The van der Waals surface area contributed by atoms with Crippen LogP contribution in [-0.4, -0.2) is 17.4 Å². The third-order valence-electron chi connectivity index (χ3n) is 2.51. The second-order valence-corrected chi connectivity index (χ2v) is 6.21. The summed E-state index contributed by atoms with van der Waals surface area (Å²) in [5, 5.41) is 8.17. The Morgan fingerprint density at radius 2 is 2.30 bits per heavy atom. The lowest BCUT2D eigenvalue weighted by Gasteiger charge is -2.08. The van der Waals surface area contributed by atoms with Gasteiger partial charge in [-0.05, 0) is 46.4 Å². The monoisotopic (exact) mass is 373 g/mol. The van der Waals surface area contributed by atoms with E-state index in [2.05, 4.69) is 31.5 Å². The number of carbonyl (C=O) groups is 1. The van der Waals surface area contributed by atoms with Gasteiger partial charge >= 0.3 is 0 Å². The van der Waals surface area contributed by atoms with Crippen LogP contribution in [0.1, 0.15) is 22.2 Å². The van der Waals surface area contributed by atoms with Gasteiger partial charge in [-0.15, -0.1) is 11.3 Å². The number of carbonyl (C=O) groups excluding carboxylic acids is 1. The molecule has 0 unspecified atom stereocenters. The Hall–Kier alpha value is -1.11. The van der Waals surface area contributed by atoms with E-state index in [1.54, 1.807) is 23.5 Å². The molecule has 2 aromatic heterocycles. The molecule has 0 radical (unpaired) electrons. The SMILES string of the molecule is CCNc1cc(C(=O)NCc2sccc2Br)cc(Cl)n1. The van der Waals surface area contributed by atoms with Crippen molar-refractivity contribution < 1.29 is 4.79 Å². The molecule has 2 aromatic rings. The second-order valence-electron chi connectivity index (χ2n) is 3.97. The molecule has 0 saturated carbocycles. The van der Waals surface area contributed by atoms with E-state index >= 15 is 0 Å². The highest BCUT2D eigenvalue weighted by Gasteiger charge is 2.10. The van der Waals surface area contributed by atoms with Crippen molar-refractivity contribution in [3.05, 3.63) is 43.6 Å². The van der Waals surface area contributed by atoms with Gasteiger partial charge in [-0.1, -0.05) is 11.6 Å². The van der Waals surface area contributed by atoms with Crippen molar-refractivity contribution in [2.75, 3.05) is 11.9 Å². The van der Waals surface area contributed by atoms with Gasteiger partial charge in [0.15, 0.2) is 0 Å². The third kappa shape index (κ3) is 3.94. The van der Waals surface area contributed by atoms with Gasteiger partial charge in [-0.25, -0.2) is 4.98 Å². The maximum Gasteiger partial charge on any atom is 0.251 e. The Kier molecular flexibility index (Phi) is 5.39. The summed E-state index contributed by atoms with van der Waals surface area (Å²) in [5.41, 5.74) is 0.494. The van der Waals surface area contributed by atoms with Gasteiger partial charge in [0.25, 0.3) is 5.91 Å². The molecule has 0 saturated heterocycles. The number of rotatable bonds is 5. The van der Waals surface area contributed by atoms with Crippen LogP contribution >= 0.6 is 38.9 Å². The first-order valence-electron chi connectivity index (χ1n) is 6.01. The van der Waals surface area contributed by atoms with Crippen molar-refractivity contribution in [3.8, 4) is 0 Å². The van der Waals surface area contributed by atoms with Gasteiger partial charge < -0.3 is 10.6 Å². The first-order valence-corrected chi connectivity index (χ1v) is 8.06. The lowest BCUT2D eigenvalue weighted by Crippen LogP contribution is -2.22. The molecule has 0 aromatic carbocycles. The highest BCUT2D eigenvalue weighted by atomic mass is 79.9. The molecule has 0 bridgehead atoms. The molecule has 0 fully saturated rings. The lowest BCUT2D eigenvalue weighted by molar-refractivity contribution is 0.0951. The van der Waals surface area contributed by atoms with Gasteiger partial charge in [-0.2, -0.15) is 0 Å². The smallest absolute Gasteiger partial charge is 0.251 e. The average Bonchev–Trinajstić information content (AvgIpc) is 2.81. The van der Waals surface area contributed by atoms with Crippen molar-refractivity contribution >= 4 is 50.6 Å². The van der Waals surface area contributed by atoms with Crippen molar-refractivity contribution in [3.63, 3.8) is 0 Å². The number of thiophene rings is 1. The second kappa shape index (κ2) is 7.06. The fourth-order valence-electron chi connectivity index (χ4n) is 1.61. The van der Waals surface area contributed by atoms with E-state index in [1.165, 1.54) is 0 Å². The minimum atomic E-state index is -0.172. The van der Waals surface area contributed by atoms with Crippen LogP contribution in [0.2, 0.25) is 5.15 Å². The summed E-state index contributed by atoms with van der Waals surface area (Å²) < 4.78 is 1.00. The molecule has 7 heteroatoms. The van der Waals surface area contributed by atoms with E-state index in [4.69, 9.17) is 11.6 Å². The Labute approximate surface area is 134 Å². The van der Waals surface area contributed by atoms with Crippen LogP contribution in [0.15, 0.2) is 28.1 Å². The molecule has 0 aliphatic rings. The molecule has 0 aliphatic heterocycles. The van der Waals surface area contributed by atoms with Gasteiger partial charge in [0.2, 0.25) is 0 Å². The van der Waals surface area contributed by atoms with Gasteiger partial charge in [-0.3, -0.25) is 4.79 Å². The number of nitrogens with one attached hydrogen (secondary N) is 2. The molecular formula is C13H13BrClN3OS. The molecule has 0 spiro atoms. The number of halogens is 2. The largest absolute Gasteiger partial charge is 0.370 e. The summed E-state index contributed by atoms with van der Waals surface area (Å²) in [7, 11) is 0. The predicted octanol–water partition coefficient (Wildman–Crippen LogP) is 3.92. The quantitative estimate of drug-likeness (QED) is 0.780. The van der Waals surface area contributed by atoms with Crippen LogP contribution in [-0.2, 0) is 6.54 Å². The number of pyridine rings is 1. The number of aromatic nitrogens is 1. The first-order chi connectivity index (χ1) is 9.60. The van der Waals surface area contributed by atoms with E-state index < -0.39 is 0 Å². The summed E-state index contributed by atoms with van der Waals surface area (Å²) in [5.74, 6) is 0.427. The lowest BCUT2D eigenvalue weighted by atomic mass is 10.2. The molecule has 0 atom stereocenters. The van der Waals surface area contributed by atoms with Crippen molar-refractivity contribution in [1.29, 1.82) is 0 Å². The molecule has 0 aliphatic carbocycles. The zero-order valence-corrected chi connectivity index (χ0v) is 13.9. The molecule has 2 N–H and O–H groups in total. The Morgan fingerprint density at radius 1 is 1.50 bits per heavy atom. The minimum Gasteiger partial charge on any atom is -0.370 e. The highest BCUT2D eigenvalue weighted by Crippen LogP contribution is 2.22. The number of nitrogens with zero attached hydrogens (tertiary/aromatic N) is 1. The maximum atomic E-state index is 12.1. The molecule has 2 rings (SSSR count). The average molecular weight is 375 g/mol. The van der Waals surface area contributed by atoms with Gasteiger partial charge in [0.1, 0.15) is 11.0 Å². The van der Waals surface area contributed by atoms with E-state index in [0.29, 0.717) is 23.1 Å². The molecule has 20 heavy (non-hydrogen) atoms. The summed E-state index contributed by atoms with van der Waals surface area (Å²) in [6, 6.07) is 5.20. The zero-order chi connectivity index (χ0) is 14.5. The van der Waals surface area contributed by atoms with Crippen LogP contribution in [0.25, 0.3) is 0 Å². The molecule has 2 heterocycles. The zero-order valence-electron chi connectivity index (χ0n) is 10.7. The molecule has 106 valence electrons. The normalized spacial score (nSPS) is 10.3. The van der Waals surface area contributed by atoms with Crippen LogP contribution in [0.5, 0.6) is 0 Å². The fraction of sp³-hybridized carbons (Fsp3) is 0.231. The molecule has 1 amide bonds. The number of anilines is 1. The third-order valence-corrected chi connectivity index (χ3v) is 4.63. The van der Waals surface area contributed by atoms with Gasteiger partial charge in [0, 0.05) is 21.5 Å². The molecular weight excluding hydrogens is 362 g/mol. The van der Waals surface area contributed by atoms with Crippen molar-refractivity contribution in [1.82, 2.24) is 10.3 Å². The number of amides is 1. The Balaban J connectivity index is 2.07. The van der Waals surface area contributed by atoms with E-state index in [0.717, 1.165) is 15.9 Å². The summed E-state index contributed by atoms with van der Waals surface area (Å²) in [6.07, 6.45) is 0. The van der Waals surface area contributed by atoms with Crippen LogP contribution < -0.4 is 10.6 Å². The van der Waals surface area contributed by atoms with Crippen LogP contribution in [0, 0.1) is 0 Å². The Bertz CT molecular complexity index is 617. The maximum absolute atomic E-state index is 12.1. The van der Waals surface area contributed by atoms with E-state index in [1.807, 2.05) is 18.4 Å². The minimum absolute atomic E-state index is 0.172. The standard InChI is InChI=1S/C13H13BrClN3OS/c1-2-16-12-6-8(5-11(15)18-12)13(19)17-7-10-9(14)3-4-20-10/h3-6H,2,7H2,1H3,(H,16,18)(H,17,19). The summed E-state index contributed by atoms with van der Waals surface area (Å²) in [4.78, 5) is 17.3. The van der Waals surface area contributed by atoms with Gasteiger partial charge in [0.05, 0.1) is 6.54 Å². The van der Waals surface area contributed by atoms with Crippen LogP contribution in [0.4, 0.5) is 5.82 Å². The predicted molar refractivity (Wildman–Crippen MR) is 86.6 cm³/mol. The van der Waals surface area contributed by atoms with Crippen LogP contribution in [0.3, 0.4) is 0 Å². The van der Waals surface area contributed by atoms with Crippen molar-refractivity contribution in [2.24, 2.45) is 0 Å². The Morgan fingerprint density at radius 3 is 2.95 bits per heavy atom. The molecule has 4 nitrogen and oxygen atoms in total. The topological polar surface area (TPSA) is 54.0 Å². The van der Waals surface area contributed by atoms with E-state index in [-0.39, 0.29) is 5.91 Å². The van der Waals surface area contributed by atoms with E-state index in [9.17, 15) is 4.79 Å². The highest BCUT2D eigenvalue weighted by molar-refractivity contribution is 9.10. The fourth-order valence-corrected chi connectivity index (χ4v) is 3.25. The first kappa shape index (κ1) is 15.3. The summed E-state index contributed by atoms with van der Waals surface area (Å²) in [6.45, 7) is 3.15. The summed E-state index contributed by atoms with van der Waals surface area (Å²) >= 11 is 10.9. The number of hydrogen-bond acceptors (Lipinski definition) is 4. The van der Waals surface area contributed by atoms with Crippen molar-refractivity contribution in [2.45, 2.75) is 13.5 Å². The number of hydrogen-bond donors (Lipinski definition) is 2.